The molecule has 0 spiro atoms. The van der Waals surface area contributed by atoms with E-state index in [1.807, 2.05) is 121 Å². The van der Waals surface area contributed by atoms with Crippen LogP contribution >= 0.6 is 7.60 Å². The first-order chi connectivity index (χ1) is 33.6. The van der Waals surface area contributed by atoms with Gasteiger partial charge >= 0.3 is 13.6 Å². The van der Waals surface area contributed by atoms with Gasteiger partial charge in [-0.05, 0) is 89.0 Å². The van der Waals surface area contributed by atoms with Crippen molar-refractivity contribution < 1.29 is 46.9 Å². The van der Waals surface area contributed by atoms with E-state index in [1.54, 1.807) is 59.4 Å². The van der Waals surface area contributed by atoms with Gasteiger partial charge in [-0.3, -0.25) is 14.2 Å². The van der Waals surface area contributed by atoms with Crippen LogP contribution in [0.15, 0.2) is 164 Å². The lowest BCUT2D eigenvalue weighted by atomic mass is 9.87. The van der Waals surface area contributed by atoms with Crippen molar-refractivity contribution in [1.29, 1.82) is 0 Å². The summed E-state index contributed by atoms with van der Waals surface area (Å²) in [4.78, 5) is 43.6. The summed E-state index contributed by atoms with van der Waals surface area (Å²) < 4.78 is 50.4. The van der Waals surface area contributed by atoms with E-state index < -0.39 is 37.6 Å². The van der Waals surface area contributed by atoms with Crippen molar-refractivity contribution >= 4 is 25.4 Å². The molecule has 3 atom stereocenters. The third kappa shape index (κ3) is 14.7. The molecule has 15 heteroatoms. The fourth-order valence-electron chi connectivity index (χ4n) is 8.29. The zero-order valence-corrected chi connectivity index (χ0v) is 39.6. The molecule has 1 aliphatic rings. The fraction of sp³-hybridized carbons (Fsp3) is 0.278. The number of carbonyl (C=O) groups excluding carboxylic acids is 3. The van der Waals surface area contributed by atoms with Gasteiger partial charge in [0.05, 0.1) is 38.5 Å². The zero-order chi connectivity index (χ0) is 48.4. The second kappa shape index (κ2) is 25.1. The van der Waals surface area contributed by atoms with Crippen molar-refractivity contribution in [1.82, 2.24) is 9.80 Å². The first-order valence-electron chi connectivity index (χ1n) is 22.8. The van der Waals surface area contributed by atoms with Crippen LogP contribution in [0, 0.1) is 0 Å². The summed E-state index contributed by atoms with van der Waals surface area (Å²) in [5.74, 6) is -0.704. The Balaban J connectivity index is 1.19. The van der Waals surface area contributed by atoms with Crippen LogP contribution in [-0.4, -0.2) is 79.3 Å². The number of benzene rings is 6. The maximum Gasteiger partial charge on any atom is 0.368 e. The molecule has 0 saturated carbocycles. The lowest BCUT2D eigenvalue weighted by molar-refractivity contribution is -0.150. The average molecular weight is 955 g/mol. The molecule has 1 aliphatic heterocycles. The molecule has 14 nitrogen and oxygen atoms in total. The Bertz CT molecular complexity index is 2590. The monoisotopic (exact) mass is 954 g/mol. The van der Waals surface area contributed by atoms with Crippen molar-refractivity contribution in [2.45, 2.75) is 63.8 Å². The minimum atomic E-state index is -3.79. The zero-order valence-electron chi connectivity index (χ0n) is 38.7. The Kier molecular flexibility index (Phi) is 18.3. The van der Waals surface area contributed by atoms with Crippen LogP contribution < -0.4 is 16.2 Å². The molecule has 7 rings (SSSR count). The van der Waals surface area contributed by atoms with Crippen molar-refractivity contribution in [3.63, 3.8) is 0 Å². The number of hydrogen-bond donors (Lipinski definition) is 2. The predicted molar refractivity (Wildman–Crippen MR) is 262 cm³/mol. The van der Waals surface area contributed by atoms with E-state index in [1.165, 1.54) is 0 Å². The highest BCUT2D eigenvalue weighted by Gasteiger charge is 2.47. The summed E-state index contributed by atoms with van der Waals surface area (Å²) in [7, 11) is -2.19. The molecule has 0 aliphatic carbocycles. The number of nitrogens with two attached hydrogens (primary N) is 2. The standard InChI is InChI=1S/C54H59N4O10P/c1-63-28-29-64-38-65-51-49(27-26-41-20-13-25-48(32-41)66-39-69(62,67-36-42-16-7-3-8-17-42)68-37-43-18-9-4-10-19-43)57(34-44-21-11-23-46(30-44)52(55)59)54(61)58(50(51)33-40-14-5-2-6-15-40)35-45-22-12-24-47(31-45)53(56)60/h2-25,30-32,49-51H,26-29,33-39H2,1H3,(H2,55,59)(H2,56,60). The number of nitrogens with zero attached hydrogens (tertiary/aromatic N) is 2. The lowest BCUT2D eigenvalue weighted by Gasteiger charge is -2.51. The van der Waals surface area contributed by atoms with Gasteiger partial charge in [-0.2, -0.15) is 0 Å². The summed E-state index contributed by atoms with van der Waals surface area (Å²) in [5.41, 5.74) is 17.0. The number of carbonyl (C=O) groups is 3. The number of primary amides is 2. The Hall–Kier alpha value is -6.64. The maximum absolute atomic E-state index is 15.4. The third-order valence-corrected chi connectivity index (χ3v) is 13.3. The van der Waals surface area contributed by atoms with Crippen molar-refractivity contribution in [2.75, 3.05) is 33.5 Å². The number of rotatable bonds is 26. The Labute approximate surface area is 403 Å². The summed E-state index contributed by atoms with van der Waals surface area (Å²) in [5, 5.41) is 0. The van der Waals surface area contributed by atoms with Crippen LogP contribution in [0.1, 0.15) is 60.5 Å². The molecular formula is C54H59N4O10P. The summed E-state index contributed by atoms with van der Waals surface area (Å²) in [6.07, 6.45) is 0.390. The number of ether oxygens (including phenoxy) is 4. The van der Waals surface area contributed by atoms with Crippen LogP contribution in [0.3, 0.4) is 0 Å². The number of urea groups is 1. The molecule has 6 aromatic carbocycles. The van der Waals surface area contributed by atoms with Gasteiger partial charge in [-0.1, -0.05) is 127 Å². The van der Waals surface area contributed by atoms with Gasteiger partial charge in [0.2, 0.25) is 11.8 Å². The van der Waals surface area contributed by atoms with Gasteiger partial charge < -0.3 is 49.3 Å². The number of methoxy groups -OCH3 is 1. The van der Waals surface area contributed by atoms with Gasteiger partial charge in [-0.25, -0.2) is 4.79 Å². The van der Waals surface area contributed by atoms with Gasteiger partial charge in [0.1, 0.15) is 18.6 Å². The molecular weight excluding hydrogens is 896 g/mol. The Morgan fingerprint density at radius 3 is 1.65 bits per heavy atom. The van der Waals surface area contributed by atoms with E-state index in [9.17, 15) is 14.2 Å². The van der Waals surface area contributed by atoms with Gasteiger partial charge in [0.25, 0.3) is 0 Å². The van der Waals surface area contributed by atoms with Crippen LogP contribution in [0.5, 0.6) is 5.75 Å². The summed E-state index contributed by atoms with van der Waals surface area (Å²) in [6, 6.07) is 48.8. The van der Waals surface area contributed by atoms with E-state index in [0.29, 0.717) is 53.9 Å². The summed E-state index contributed by atoms with van der Waals surface area (Å²) >= 11 is 0. The maximum atomic E-state index is 15.4. The van der Waals surface area contributed by atoms with Crippen molar-refractivity contribution in [2.24, 2.45) is 11.5 Å². The SMILES string of the molecule is COCCOCOC1C(CCc2cccc(OCP(=O)(OCc3ccccc3)OCc3ccccc3)c2)N(Cc2cccc(C(N)=O)c2)C(=O)N(Cc2cccc(C(N)=O)c2)C1Cc1ccccc1. The quantitative estimate of drug-likeness (QED) is 0.0303. The first-order valence-corrected chi connectivity index (χ1v) is 24.5. The second-order valence-electron chi connectivity index (χ2n) is 16.7. The van der Waals surface area contributed by atoms with E-state index in [4.69, 9.17) is 39.5 Å². The summed E-state index contributed by atoms with van der Waals surface area (Å²) in [6.45, 7) is 0.973. The van der Waals surface area contributed by atoms with E-state index in [2.05, 4.69) is 0 Å². The molecule has 0 bridgehead atoms. The minimum absolute atomic E-state index is 0.0723. The topological polar surface area (TPSA) is 182 Å². The van der Waals surface area contributed by atoms with Crippen LogP contribution in [0.2, 0.25) is 0 Å². The molecule has 3 unspecified atom stereocenters. The van der Waals surface area contributed by atoms with Gasteiger partial charge in [0, 0.05) is 31.3 Å². The van der Waals surface area contributed by atoms with Crippen molar-refractivity contribution in [3.05, 3.63) is 208 Å². The number of aryl methyl sites for hydroxylation is 1. The molecule has 4 amide bonds. The molecule has 0 radical (unpaired) electrons. The number of amides is 4. The van der Waals surface area contributed by atoms with E-state index >= 15 is 4.79 Å². The second-order valence-corrected chi connectivity index (χ2v) is 18.7. The van der Waals surface area contributed by atoms with Gasteiger partial charge in [-0.15, -0.1) is 0 Å². The Morgan fingerprint density at radius 1 is 0.594 bits per heavy atom. The van der Waals surface area contributed by atoms with Crippen LogP contribution in [-0.2, 0) is 67.0 Å². The molecule has 1 heterocycles. The highest BCUT2D eigenvalue weighted by molar-refractivity contribution is 7.53. The van der Waals surface area contributed by atoms with Gasteiger partial charge in [0.15, 0.2) is 6.35 Å². The first kappa shape index (κ1) is 50.2. The van der Waals surface area contributed by atoms with Crippen molar-refractivity contribution in [3.8, 4) is 5.75 Å². The molecule has 6 aromatic rings. The van der Waals surface area contributed by atoms with Crippen LogP contribution in [0.25, 0.3) is 0 Å². The van der Waals surface area contributed by atoms with Crippen LogP contribution in [0.4, 0.5) is 4.79 Å². The molecule has 4 N–H and O–H groups in total. The molecule has 1 fully saturated rings. The van der Waals surface area contributed by atoms with E-state index in [0.717, 1.165) is 22.3 Å². The average Bonchev–Trinajstić information content (AvgIpc) is 3.37. The number of hydrogen-bond acceptors (Lipinski definition) is 10. The lowest BCUT2D eigenvalue weighted by Crippen LogP contribution is -2.66. The molecule has 69 heavy (non-hydrogen) atoms. The third-order valence-electron chi connectivity index (χ3n) is 11.8. The minimum Gasteiger partial charge on any atom is -0.481 e. The highest BCUT2D eigenvalue weighted by atomic mass is 31.2. The highest BCUT2D eigenvalue weighted by Crippen LogP contribution is 2.50. The largest absolute Gasteiger partial charge is 0.481 e. The predicted octanol–water partition coefficient (Wildman–Crippen LogP) is 8.90. The normalized spacial score (nSPS) is 16.1. The smallest absolute Gasteiger partial charge is 0.368 e. The molecule has 0 aromatic heterocycles. The molecule has 1 saturated heterocycles. The molecule has 360 valence electrons. The Morgan fingerprint density at radius 2 is 1.10 bits per heavy atom. The van der Waals surface area contributed by atoms with E-state index in [-0.39, 0.29) is 52.1 Å². The fourth-order valence-corrected chi connectivity index (χ4v) is 9.51.